The van der Waals surface area contributed by atoms with Gasteiger partial charge in [-0.2, -0.15) is 0 Å². The molecule has 2 aromatic rings. The first-order chi connectivity index (χ1) is 14.0. The first-order valence-corrected chi connectivity index (χ1v) is 10.5. The molecule has 5 nitrogen and oxygen atoms in total. The van der Waals surface area contributed by atoms with Gasteiger partial charge in [-0.15, -0.1) is 0 Å². The van der Waals surface area contributed by atoms with Gasteiger partial charge in [-0.25, -0.2) is 0 Å². The quantitative estimate of drug-likeness (QED) is 0.730. The molecule has 2 aromatic carbocycles. The van der Waals surface area contributed by atoms with Gasteiger partial charge in [-0.1, -0.05) is 18.2 Å². The van der Waals surface area contributed by atoms with Crippen LogP contribution in [0.1, 0.15) is 16.7 Å². The molecular formula is C23H31N3O2S. The second-order valence-corrected chi connectivity index (χ2v) is 7.75. The van der Waals surface area contributed by atoms with E-state index in [9.17, 15) is 0 Å². The molecule has 1 aliphatic heterocycles. The smallest absolute Gasteiger partial charge is 0.169 e. The van der Waals surface area contributed by atoms with Gasteiger partial charge in [0, 0.05) is 38.4 Å². The third-order valence-corrected chi connectivity index (χ3v) is 6.02. The van der Waals surface area contributed by atoms with E-state index < -0.39 is 0 Å². The molecule has 0 spiro atoms. The van der Waals surface area contributed by atoms with Crippen molar-refractivity contribution in [3.63, 3.8) is 0 Å². The Balaban J connectivity index is 1.47. The van der Waals surface area contributed by atoms with Crippen LogP contribution in [0.3, 0.4) is 0 Å². The summed E-state index contributed by atoms with van der Waals surface area (Å²) in [5.41, 5.74) is 5.25. The Morgan fingerprint density at radius 3 is 2.41 bits per heavy atom. The maximum atomic E-state index is 5.63. The van der Waals surface area contributed by atoms with Crippen molar-refractivity contribution in [3.8, 4) is 11.5 Å². The SMILES string of the molecule is COc1ccc(CCNC(=S)N2CCN(c3cccc(C)c3C)CC2)cc1OC. The van der Waals surface area contributed by atoms with Gasteiger partial charge in [0.1, 0.15) is 0 Å². The highest BCUT2D eigenvalue weighted by Crippen LogP contribution is 2.27. The Morgan fingerprint density at radius 1 is 1.00 bits per heavy atom. The van der Waals surface area contributed by atoms with Crippen molar-refractivity contribution < 1.29 is 9.47 Å². The summed E-state index contributed by atoms with van der Waals surface area (Å²) < 4.78 is 10.7. The number of hydrogen-bond donors (Lipinski definition) is 1. The number of nitrogens with zero attached hydrogens (tertiary/aromatic N) is 2. The van der Waals surface area contributed by atoms with Gasteiger partial charge in [0.25, 0.3) is 0 Å². The number of anilines is 1. The van der Waals surface area contributed by atoms with Crippen LogP contribution >= 0.6 is 12.2 Å². The van der Waals surface area contributed by atoms with Crippen LogP contribution in [0.25, 0.3) is 0 Å². The molecule has 3 rings (SSSR count). The molecule has 1 N–H and O–H groups in total. The number of aryl methyl sites for hydroxylation is 1. The number of piperazine rings is 1. The van der Waals surface area contributed by atoms with Gasteiger partial charge in [0.05, 0.1) is 14.2 Å². The van der Waals surface area contributed by atoms with Gasteiger partial charge in [0.2, 0.25) is 0 Å². The summed E-state index contributed by atoms with van der Waals surface area (Å²) in [4.78, 5) is 4.73. The molecule has 0 unspecified atom stereocenters. The maximum Gasteiger partial charge on any atom is 0.169 e. The molecule has 29 heavy (non-hydrogen) atoms. The second-order valence-electron chi connectivity index (χ2n) is 7.36. The lowest BCUT2D eigenvalue weighted by molar-refractivity contribution is 0.354. The van der Waals surface area contributed by atoms with E-state index in [-0.39, 0.29) is 0 Å². The molecule has 0 bridgehead atoms. The molecule has 1 aliphatic rings. The van der Waals surface area contributed by atoms with E-state index in [1.165, 1.54) is 22.4 Å². The van der Waals surface area contributed by atoms with Crippen LogP contribution in [0.5, 0.6) is 11.5 Å². The van der Waals surface area contributed by atoms with E-state index in [2.05, 4.69) is 53.2 Å². The second kappa shape index (κ2) is 9.83. The summed E-state index contributed by atoms with van der Waals surface area (Å²) in [5.74, 6) is 1.51. The molecular weight excluding hydrogens is 382 g/mol. The Hall–Kier alpha value is -2.47. The molecule has 0 amide bonds. The summed E-state index contributed by atoms with van der Waals surface area (Å²) in [7, 11) is 3.31. The zero-order chi connectivity index (χ0) is 20.8. The first kappa shape index (κ1) is 21.2. The van der Waals surface area contributed by atoms with Crippen LogP contribution in [-0.2, 0) is 6.42 Å². The molecule has 0 aliphatic carbocycles. The molecule has 0 saturated carbocycles. The molecule has 1 heterocycles. The van der Waals surface area contributed by atoms with Crippen LogP contribution in [-0.4, -0.2) is 57.0 Å². The summed E-state index contributed by atoms with van der Waals surface area (Å²) in [6.45, 7) is 9.03. The highest BCUT2D eigenvalue weighted by molar-refractivity contribution is 7.80. The van der Waals surface area contributed by atoms with Crippen molar-refractivity contribution in [2.24, 2.45) is 0 Å². The summed E-state index contributed by atoms with van der Waals surface area (Å²) in [6, 6.07) is 12.6. The van der Waals surface area contributed by atoms with Crippen LogP contribution in [0.2, 0.25) is 0 Å². The van der Waals surface area contributed by atoms with Gasteiger partial charge in [-0.3, -0.25) is 0 Å². The average Bonchev–Trinajstić information content (AvgIpc) is 2.75. The van der Waals surface area contributed by atoms with Crippen molar-refractivity contribution in [1.29, 1.82) is 0 Å². The minimum Gasteiger partial charge on any atom is -0.493 e. The molecule has 0 aromatic heterocycles. The van der Waals surface area contributed by atoms with Crippen molar-refractivity contribution >= 4 is 23.0 Å². The molecule has 156 valence electrons. The van der Waals surface area contributed by atoms with E-state index in [0.717, 1.165) is 55.8 Å². The third kappa shape index (κ3) is 5.12. The summed E-state index contributed by atoms with van der Waals surface area (Å²) in [5, 5.41) is 4.25. The van der Waals surface area contributed by atoms with Crippen molar-refractivity contribution in [1.82, 2.24) is 10.2 Å². The average molecular weight is 414 g/mol. The van der Waals surface area contributed by atoms with E-state index in [1.54, 1.807) is 14.2 Å². The van der Waals surface area contributed by atoms with Gasteiger partial charge < -0.3 is 24.6 Å². The van der Waals surface area contributed by atoms with Crippen LogP contribution in [0.15, 0.2) is 36.4 Å². The van der Waals surface area contributed by atoms with Crippen LogP contribution in [0, 0.1) is 13.8 Å². The molecule has 1 fully saturated rings. The standard InChI is InChI=1S/C23H31N3O2S/c1-17-6-5-7-20(18(17)2)25-12-14-26(15-13-25)23(29)24-11-10-19-8-9-21(27-3)22(16-19)28-4/h5-9,16H,10-15H2,1-4H3,(H,24,29). The number of nitrogens with one attached hydrogen (secondary N) is 1. The Kier molecular flexibility index (Phi) is 7.20. The number of methoxy groups -OCH3 is 2. The van der Waals surface area contributed by atoms with E-state index >= 15 is 0 Å². The van der Waals surface area contributed by atoms with Gasteiger partial charge >= 0.3 is 0 Å². The number of hydrogen-bond acceptors (Lipinski definition) is 4. The number of ether oxygens (including phenoxy) is 2. The minimum absolute atomic E-state index is 0.751. The normalized spacial score (nSPS) is 13.9. The largest absolute Gasteiger partial charge is 0.493 e. The van der Waals surface area contributed by atoms with E-state index in [0.29, 0.717) is 0 Å². The zero-order valence-electron chi connectivity index (χ0n) is 17.8. The maximum absolute atomic E-state index is 5.63. The molecule has 0 radical (unpaired) electrons. The predicted octanol–water partition coefficient (Wildman–Crippen LogP) is 3.56. The zero-order valence-corrected chi connectivity index (χ0v) is 18.6. The van der Waals surface area contributed by atoms with Crippen LogP contribution < -0.4 is 19.7 Å². The highest BCUT2D eigenvalue weighted by Gasteiger charge is 2.20. The Labute approximate surface area is 179 Å². The Bertz CT molecular complexity index is 848. The van der Waals surface area contributed by atoms with E-state index in [1.807, 2.05) is 12.1 Å². The lowest BCUT2D eigenvalue weighted by Gasteiger charge is -2.38. The lowest BCUT2D eigenvalue weighted by Crippen LogP contribution is -2.52. The molecule has 1 saturated heterocycles. The molecule has 6 heteroatoms. The topological polar surface area (TPSA) is 37.0 Å². The minimum atomic E-state index is 0.751. The summed E-state index contributed by atoms with van der Waals surface area (Å²) in [6.07, 6.45) is 0.878. The summed E-state index contributed by atoms with van der Waals surface area (Å²) >= 11 is 5.63. The van der Waals surface area contributed by atoms with Gasteiger partial charge in [0.15, 0.2) is 16.6 Å². The van der Waals surface area contributed by atoms with Gasteiger partial charge in [-0.05, 0) is 67.4 Å². The highest BCUT2D eigenvalue weighted by atomic mass is 32.1. The number of benzene rings is 2. The fourth-order valence-electron chi connectivity index (χ4n) is 3.69. The Morgan fingerprint density at radius 2 is 1.72 bits per heavy atom. The third-order valence-electron chi connectivity index (χ3n) is 5.62. The van der Waals surface area contributed by atoms with E-state index in [4.69, 9.17) is 21.7 Å². The molecule has 0 atom stereocenters. The monoisotopic (exact) mass is 413 g/mol. The van der Waals surface area contributed by atoms with Crippen LogP contribution in [0.4, 0.5) is 5.69 Å². The van der Waals surface area contributed by atoms with Crippen molar-refractivity contribution in [2.75, 3.05) is 51.8 Å². The number of thiocarbonyl (C=S) groups is 1. The fourth-order valence-corrected chi connectivity index (χ4v) is 3.97. The van der Waals surface area contributed by atoms with Crippen molar-refractivity contribution in [3.05, 3.63) is 53.1 Å². The fraction of sp³-hybridized carbons (Fsp3) is 0.435. The predicted molar refractivity (Wildman–Crippen MR) is 124 cm³/mol. The van der Waals surface area contributed by atoms with Crippen molar-refractivity contribution in [2.45, 2.75) is 20.3 Å². The lowest BCUT2D eigenvalue weighted by atomic mass is 10.1. The first-order valence-electron chi connectivity index (χ1n) is 10.1. The number of rotatable bonds is 6.